The molecule has 0 saturated heterocycles. The fraction of sp³-hybridized carbons (Fsp3) is 0.765. The molecule has 134 valence electrons. The Labute approximate surface area is 141 Å². The molecule has 7 heteroatoms. The molecule has 1 aliphatic carbocycles. The highest BCUT2D eigenvalue weighted by Crippen LogP contribution is 2.46. The van der Waals surface area contributed by atoms with Gasteiger partial charge in [0.15, 0.2) is 0 Å². The Bertz CT molecular complexity index is 620. The van der Waals surface area contributed by atoms with Crippen molar-refractivity contribution in [1.29, 1.82) is 0 Å². The summed E-state index contributed by atoms with van der Waals surface area (Å²) in [5, 5.41) is 18.5. The second kappa shape index (κ2) is 6.43. The van der Waals surface area contributed by atoms with E-state index >= 15 is 8.78 Å². The molecule has 1 saturated carbocycles. The van der Waals surface area contributed by atoms with Crippen molar-refractivity contribution >= 4 is 5.95 Å². The SMILES string of the molecule is CCn1c(N2CCC=C(C)C2)nnc1C(F)(F)C1(O)CCCCC1. The van der Waals surface area contributed by atoms with Gasteiger partial charge < -0.3 is 10.0 Å². The normalized spacial score (nSPS) is 21.7. The molecule has 1 aromatic rings. The number of rotatable bonds is 4. The first-order valence-electron chi connectivity index (χ1n) is 8.83. The van der Waals surface area contributed by atoms with Crippen LogP contribution in [0.4, 0.5) is 14.7 Å². The Kier molecular flexibility index (Phi) is 4.64. The first-order chi connectivity index (χ1) is 11.4. The van der Waals surface area contributed by atoms with Crippen LogP contribution in [0.3, 0.4) is 0 Å². The van der Waals surface area contributed by atoms with Crippen LogP contribution in [-0.2, 0) is 12.5 Å². The lowest BCUT2D eigenvalue weighted by Gasteiger charge is -2.38. The summed E-state index contributed by atoms with van der Waals surface area (Å²) in [6.07, 6.45) is 5.38. The Hall–Kier alpha value is -1.50. The van der Waals surface area contributed by atoms with Gasteiger partial charge in [0.2, 0.25) is 11.8 Å². The molecule has 0 amide bonds. The molecule has 1 aromatic heterocycles. The van der Waals surface area contributed by atoms with Crippen molar-refractivity contribution in [2.24, 2.45) is 0 Å². The lowest BCUT2D eigenvalue weighted by molar-refractivity contribution is -0.208. The summed E-state index contributed by atoms with van der Waals surface area (Å²) < 4.78 is 31.7. The zero-order chi connectivity index (χ0) is 17.4. The largest absolute Gasteiger partial charge is 0.383 e. The molecule has 5 nitrogen and oxygen atoms in total. The Morgan fingerprint density at radius 2 is 1.96 bits per heavy atom. The summed E-state index contributed by atoms with van der Waals surface area (Å²) in [6.45, 7) is 5.60. The van der Waals surface area contributed by atoms with Crippen molar-refractivity contribution in [1.82, 2.24) is 14.8 Å². The Morgan fingerprint density at radius 3 is 2.58 bits per heavy atom. The van der Waals surface area contributed by atoms with E-state index in [9.17, 15) is 5.11 Å². The predicted molar refractivity (Wildman–Crippen MR) is 88.2 cm³/mol. The average Bonchev–Trinajstić information content (AvgIpc) is 3.00. The van der Waals surface area contributed by atoms with E-state index in [0.29, 0.717) is 31.9 Å². The Morgan fingerprint density at radius 1 is 1.25 bits per heavy atom. The summed E-state index contributed by atoms with van der Waals surface area (Å²) in [7, 11) is 0. The fourth-order valence-corrected chi connectivity index (χ4v) is 3.79. The first kappa shape index (κ1) is 17.3. The van der Waals surface area contributed by atoms with Crippen molar-refractivity contribution in [2.45, 2.75) is 70.4 Å². The third-order valence-corrected chi connectivity index (χ3v) is 5.21. The summed E-state index contributed by atoms with van der Waals surface area (Å²) in [5.74, 6) is -3.33. The molecule has 2 aliphatic rings. The summed E-state index contributed by atoms with van der Waals surface area (Å²) in [4.78, 5) is 1.98. The van der Waals surface area contributed by atoms with E-state index < -0.39 is 17.3 Å². The molecular weight excluding hydrogens is 314 g/mol. The van der Waals surface area contributed by atoms with Crippen molar-refractivity contribution in [3.8, 4) is 0 Å². The first-order valence-corrected chi connectivity index (χ1v) is 8.83. The molecule has 24 heavy (non-hydrogen) atoms. The molecule has 1 aliphatic heterocycles. The zero-order valence-corrected chi connectivity index (χ0v) is 14.4. The van der Waals surface area contributed by atoms with Crippen molar-refractivity contribution in [3.05, 3.63) is 17.5 Å². The highest BCUT2D eigenvalue weighted by atomic mass is 19.3. The number of nitrogens with zero attached hydrogens (tertiary/aromatic N) is 4. The highest BCUT2D eigenvalue weighted by molar-refractivity contribution is 5.37. The maximum atomic E-state index is 15.1. The molecule has 3 rings (SSSR count). The van der Waals surface area contributed by atoms with E-state index in [4.69, 9.17) is 0 Å². The maximum absolute atomic E-state index is 15.1. The van der Waals surface area contributed by atoms with Crippen LogP contribution in [0.15, 0.2) is 11.6 Å². The molecular formula is C17H26F2N4O. The van der Waals surface area contributed by atoms with Gasteiger partial charge in [-0.05, 0) is 33.1 Å². The van der Waals surface area contributed by atoms with Crippen molar-refractivity contribution in [2.75, 3.05) is 18.0 Å². The second-order valence-corrected chi connectivity index (χ2v) is 7.00. The van der Waals surface area contributed by atoms with E-state index in [-0.39, 0.29) is 12.8 Å². The fourth-order valence-electron chi connectivity index (χ4n) is 3.79. The van der Waals surface area contributed by atoms with Crippen LogP contribution in [0.1, 0.15) is 58.2 Å². The van der Waals surface area contributed by atoms with E-state index in [1.54, 1.807) is 0 Å². The standard InChI is InChI=1S/C17H26F2N4O/c1-3-23-14(17(18,19)16(24)9-5-4-6-10-16)20-21-15(23)22-11-7-8-13(2)12-22/h8,24H,3-7,9-12H2,1-2H3. The van der Waals surface area contributed by atoms with Crippen LogP contribution in [0.2, 0.25) is 0 Å². The van der Waals surface area contributed by atoms with Gasteiger partial charge in [0, 0.05) is 19.6 Å². The van der Waals surface area contributed by atoms with Gasteiger partial charge >= 0.3 is 5.92 Å². The molecule has 0 atom stereocenters. The average molecular weight is 340 g/mol. The zero-order valence-electron chi connectivity index (χ0n) is 14.4. The van der Waals surface area contributed by atoms with Crippen molar-refractivity contribution in [3.63, 3.8) is 0 Å². The monoisotopic (exact) mass is 340 g/mol. The number of anilines is 1. The smallest absolute Gasteiger partial charge is 0.334 e. The van der Waals surface area contributed by atoms with Crippen LogP contribution in [0.5, 0.6) is 0 Å². The molecule has 0 radical (unpaired) electrons. The van der Waals surface area contributed by atoms with Crippen LogP contribution < -0.4 is 4.90 Å². The number of halogens is 2. The summed E-state index contributed by atoms with van der Waals surface area (Å²) in [6, 6.07) is 0. The second-order valence-electron chi connectivity index (χ2n) is 7.00. The number of hydrogen-bond acceptors (Lipinski definition) is 4. The van der Waals surface area contributed by atoms with Gasteiger partial charge in [-0.1, -0.05) is 30.9 Å². The number of hydrogen-bond donors (Lipinski definition) is 1. The third-order valence-electron chi connectivity index (χ3n) is 5.21. The maximum Gasteiger partial charge on any atom is 0.334 e. The van der Waals surface area contributed by atoms with E-state index in [1.165, 1.54) is 10.1 Å². The van der Waals surface area contributed by atoms with Gasteiger partial charge in [-0.3, -0.25) is 4.57 Å². The lowest BCUT2D eigenvalue weighted by atomic mass is 9.79. The molecule has 0 bridgehead atoms. The lowest BCUT2D eigenvalue weighted by Crippen LogP contribution is -2.49. The number of aliphatic hydroxyl groups is 1. The molecule has 0 unspecified atom stereocenters. The van der Waals surface area contributed by atoms with Gasteiger partial charge in [0.25, 0.3) is 0 Å². The van der Waals surface area contributed by atoms with Crippen LogP contribution in [0.25, 0.3) is 0 Å². The van der Waals surface area contributed by atoms with Gasteiger partial charge in [-0.2, -0.15) is 8.78 Å². The molecule has 1 N–H and O–H groups in total. The molecule has 1 fully saturated rings. The number of alkyl halides is 2. The van der Waals surface area contributed by atoms with Gasteiger partial charge in [-0.25, -0.2) is 0 Å². The molecule has 0 aromatic carbocycles. The molecule has 0 spiro atoms. The van der Waals surface area contributed by atoms with E-state index in [2.05, 4.69) is 16.3 Å². The van der Waals surface area contributed by atoms with Crippen molar-refractivity contribution < 1.29 is 13.9 Å². The van der Waals surface area contributed by atoms with Gasteiger partial charge in [0.1, 0.15) is 5.60 Å². The minimum absolute atomic E-state index is 0.109. The minimum atomic E-state index is -3.39. The number of aromatic nitrogens is 3. The van der Waals surface area contributed by atoms with Gasteiger partial charge in [0.05, 0.1) is 0 Å². The molecule has 2 heterocycles. The Balaban J connectivity index is 1.95. The van der Waals surface area contributed by atoms with E-state index in [1.807, 2.05) is 18.7 Å². The minimum Gasteiger partial charge on any atom is -0.383 e. The highest BCUT2D eigenvalue weighted by Gasteiger charge is 2.57. The van der Waals surface area contributed by atoms with Gasteiger partial charge in [-0.15, -0.1) is 10.2 Å². The summed E-state index contributed by atoms with van der Waals surface area (Å²) in [5.41, 5.74) is -0.814. The van der Waals surface area contributed by atoms with Crippen LogP contribution in [0, 0.1) is 0 Å². The topological polar surface area (TPSA) is 54.2 Å². The summed E-state index contributed by atoms with van der Waals surface area (Å²) >= 11 is 0. The predicted octanol–water partition coefficient (Wildman–Crippen LogP) is 3.24. The third kappa shape index (κ3) is 2.83. The quantitative estimate of drug-likeness (QED) is 0.855. The van der Waals surface area contributed by atoms with Crippen LogP contribution in [-0.4, -0.2) is 38.6 Å². The van der Waals surface area contributed by atoms with E-state index in [0.717, 1.165) is 19.4 Å². The van der Waals surface area contributed by atoms with Crippen LogP contribution >= 0.6 is 0 Å².